The number of aromatic nitrogens is 3. The van der Waals surface area contributed by atoms with E-state index in [0.717, 1.165) is 36.7 Å². The second-order valence-corrected chi connectivity index (χ2v) is 6.88. The summed E-state index contributed by atoms with van der Waals surface area (Å²) in [5, 5.41) is 11.0. The largest absolute Gasteiger partial charge is 0.451 e. The van der Waals surface area contributed by atoms with Crippen molar-refractivity contribution >= 4 is 22.9 Å². The predicted octanol–water partition coefficient (Wildman–Crippen LogP) is 2.06. The summed E-state index contributed by atoms with van der Waals surface area (Å²) >= 11 is 0. The van der Waals surface area contributed by atoms with Gasteiger partial charge in [-0.25, -0.2) is 4.68 Å². The number of carbonyl (C=O) groups excluding carboxylic acids is 2. The average molecular weight is 344 g/mol. The van der Waals surface area contributed by atoms with Gasteiger partial charge in [-0.3, -0.25) is 9.59 Å². The van der Waals surface area contributed by atoms with Gasteiger partial charge in [0, 0.05) is 6.04 Å². The molecule has 0 spiro atoms. The van der Waals surface area contributed by atoms with Crippen LogP contribution < -0.4 is 5.32 Å². The smallest absolute Gasteiger partial charge is 0.328 e. The molecule has 1 aromatic carbocycles. The molecule has 1 aromatic heterocycles. The van der Waals surface area contributed by atoms with Crippen molar-refractivity contribution in [3.8, 4) is 0 Å². The van der Waals surface area contributed by atoms with E-state index in [2.05, 4.69) is 15.6 Å². The molecule has 2 aromatic rings. The molecule has 0 aliphatic heterocycles. The number of nitrogens with zero attached hydrogens (tertiary/aromatic N) is 3. The summed E-state index contributed by atoms with van der Waals surface area (Å²) in [6, 6.07) is 7.60. The maximum Gasteiger partial charge on any atom is 0.328 e. The predicted molar refractivity (Wildman–Crippen MR) is 92.6 cm³/mol. The van der Waals surface area contributed by atoms with Gasteiger partial charge in [0.1, 0.15) is 12.1 Å². The van der Waals surface area contributed by atoms with Gasteiger partial charge in [-0.15, -0.1) is 5.10 Å². The lowest BCUT2D eigenvalue weighted by molar-refractivity contribution is -0.159. The fourth-order valence-corrected chi connectivity index (χ4v) is 3.18. The fraction of sp³-hybridized carbons (Fsp3) is 0.556. The molecule has 1 aliphatic rings. The fourth-order valence-electron chi connectivity index (χ4n) is 3.18. The number of fused-ring (bicyclic) bond motifs is 1. The normalized spacial score (nSPS) is 16.3. The molecule has 0 bridgehead atoms. The summed E-state index contributed by atoms with van der Waals surface area (Å²) in [7, 11) is 0. The van der Waals surface area contributed by atoms with Crippen LogP contribution in [0.3, 0.4) is 0 Å². The highest BCUT2D eigenvalue weighted by Crippen LogP contribution is 2.19. The Morgan fingerprint density at radius 3 is 2.72 bits per heavy atom. The lowest BCUT2D eigenvalue weighted by Gasteiger charge is -2.22. The van der Waals surface area contributed by atoms with E-state index in [9.17, 15) is 9.59 Å². The van der Waals surface area contributed by atoms with Crippen molar-refractivity contribution in [2.24, 2.45) is 5.92 Å². The zero-order chi connectivity index (χ0) is 17.8. The van der Waals surface area contributed by atoms with E-state index in [1.54, 1.807) is 0 Å². The molecular weight excluding hydrogens is 320 g/mol. The highest BCUT2D eigenvalue weighted by atomic mass is 16.5. The van der Waals surface area contributed by atoms with Crippen molar-refractivity contribution < 1.29 is 14.3 Å². The molecule has 0 radical (unpaired) electrons. The van der Waals surface area contributed by atoms with Crippen LogP contribution >= 0.6 is 0 Å². The van der Waals surface area contributed by atoms with Crippen molar-refractivity contribution in [1.82, 2.24) is 20.3 Å². The molecule has 3 rings (SSSR count). The minimum Gasteiger partial charge on any atom is -0.451 e. The Kier molecular flexibility index (Phi) is 5.31. The van der Waals surface area contributed by atoms with Gasteiger partial charge in [-0.05, 0) is 30.9 Å². The minimum absolute atomic E-state index is 0.0690. The van der Waals surface area contributed by atoms with E-state index in [0.29, 0.717) is 0 Å². The Labute approximate surface area is 146 Å². The quantitative estimate of drug-likeness (QED) is 0.811. The van der Waals surface area contributed by atoms with Crippen LogP contribution in [0.2, 0.25) is 0 Å². The Balaban J connectivity index is 1.63. The second kappa shape index (κ2) is 7.63. The third kappa shape index (κ3) is 4.15. The molecular formula is C18H24N4O3. The third-order valence-electron chi connectivity index (χ3n) is 4.52. The van der Waals surface area contributed by atoms with Crippen LogP contribution in [0, 0.1) is 5.92 Å². The number of rotatable bonds is 6. The molecule has 1 N–H and O–H groups in total. The number of benzene rings is 1. The number of carbonyl (C=O) groups is 2. The van der Waals surface area contributed by atoms with Gasteiger partial charge < -0.3 is 10.1 Å². The van der Waals surface area contributed by atoms with Crippen molar-refractivity contribution in [2.45, 2.75) is 58.2 Å². The van der Waals surface area contributed by atoms with Gasteiger partial charge in [-0.1, -0.05) is 44.0 Å². The van der Waals surface area contributed by atoms with E-state index in [4.69, 9.17) is 4.74 Å². The zero-order valence-electron chi connectivity index (χ0n) is 14.6. The summed E-state index contributed by atoms with van der Waals surface area (Å²) in [5.74, 6) is -0.799. The molecule has 1 aliphatic carbocycles. The van der Waals surface area contributed by atoms with Crippen LogP contribution in [0.15, 0.2) is 24.3 Å². The Morgan fingerprint density at radius 1 is 1.28 bits per heavy atom. The summed E-state index contributed by atoms with van der Waals surface area (Å²) in [5.41, 5.74) is 1.48. The van der Waals surface area contributed by atoms with Crippen LogP contribution in [0.4, 0.5) is 0 Å². The van der Waals surface area contributed by atoms with Crippen molar-refractivity contribution in [1.29, 1.82) is 0 Å². The monoisotopic (exact) mass is 344 g/mol. The van der Waals surface area contributed by atoms with Crippen LogP contribution in [-0.4, -0.2) is 39.0 Å². The summed E-state index contributed by atoms with van der Waals surface area (Å²) < 4.78 is 6.96. The van der Waals surface area contributed by atoms with Gasteiger partial charge >= 0.3 is 5.97 Å². The maximum atomic E-state index is 12.5. The first-order valence-corrected chi connectivity index (χ1v) is 8.82. The molecule has 1 amide bonds. The van der Waals surface area contributed by atoms with E-state index < -0.39 is 12.1 Å². The number of nitrogens with one attached hydrogen (secondary N) is 1. The zero-order valence-corrected chi connectivity index (χ0v) is 14.6. The molecule has 7 heteroatoms. The van der Waals surface area contributed by atoms with Gasteiger partial charge in [0.2, 0.25) is 0 Å². The van der Waals surface area contributed by atoms with Gasteiger partial charge in [-0.2, -0.15) is 0 Å². The van der Waals surface area contributed by atoms with Gasteiger partial charge in [0.25, 0.3) is 5.91 Å². The van der Waals surface area contributed by atoms with Crippen molar-refractivity contribution in [3.63, 3.8) is 0 Å². The van der Waals surface area contributed by atoms with Gasteiger partial charge in [0.15, 0.2) is 6.10 Å². The molecule has 1 heterocycles. The third-order valence-corrected chi connectivity index (χ3v) is 4.52. The number of ether oxygens (including phenoxy) is 1. The first-order valence-electron chi connectivity index (χ1n) is 8.82. The number of para-hydroxylation sites is 1. The molecule has 1 atom stereocenters. The first kappa shape index (κ1) is 17.4. The van der Waals surface area contributed by atoms with E-state index >= 15 is 0 Å². The van der Waals surface area contributed by atoms with Gasteiger partial charge in [0.05, 0.1) is 5.52 Å². The molecule has 1 fully saturated rings. The van der Waals surface area contributed by atoms with Crippen LogP contribution in [-0.2, 0) is 20.9 Å². The summed E-state index contributed by atoms with van der Waals surface area (Å²) in [6.45, 7) is 3.68. The Morgan fingerprint density at radius 2 is 2.00 bits per heavy atom. The number of esters is 1. The number of hydrogen-bond donors (Lipinski definition) is 1. The standard InChI is InChI=1S/C18H24N4O3/c1-12(2)17(18(24)19-13-7-3-4-8-13)25-16(23)11-22-15-10-6-5-9-14(15)20-21-22/h5-6,9-10,12-13,17H,3-4,7-8,11H2,1-2H3,(H,19,24)/t17-/m1/s1. The molecule has 0 saturated heterocycles. The Hall–Kier alpha value is -2.44. The number of hydrogen-bond acceptors (Lipinski definition) is 5. The van der Waals surface area contributed by atoms with Crippen LogP contribution in [0.1, 0.15) is 39.5 Å². The molecule has 25 heavy (non-hydrogen) atoms. The van der Waals surface area contributed by atoms with Crippen molar-refractivity contribution in [3.05, 3.63) is 24.3 Å². The number of amides is 1. The second-order valence-electron chi connectivity index (χ2n) is 6.88. The SMILES string of the molecule is CC(C)[C@@H](OC(=O)Cn1nnc2ccccc21)C(=O)NC1CCCC1. The molecule has 134 valence electrons. The van der Waals surface area contributed by atoms with E-state index in [1.165, 1.54) is 4.68 Å². The average Bonchev–Trinajstić information content (AvgIpc) is 3.22. The van der Waals surface area contributed by atoms with Crippen LogP contribution in [0.25, 0.3) is 11.0 Å². The van der Waals surface area contributed by atoms with Crippen molar-refractivity contribution in [2.75, 3.05) is 0 Å². The first-order chi connectivity index (χ1) is 12.0. The highest BCUT2D eigenvalue weighted by Gasteiger charge is 2.29. The Bertz CT molecular complexity index is 750. The maximum absolute atomic E-state index is 12.5. The highest BCUT2D eigenvalue weighted by molar-refractivity contribution is 5.84. The lowest BCUT2D eigenvalue weighted by atomic mass is 10.1. The van der Waals surface area contributed by atoms with Crippen LogP contribution in [0.5, 0.6) is 0 Å². The summed E-state index contributed by atoms with van der Waals surface area (Å²) in [4.78, 5) is 24.8. The molecule has 7 nitrogen and oxygen atoms in total. The lowest BCUT2D eigenvalue weighted by Crippen LogP contribution is -2.45. The molecule has 0 unspecified atom stereocenters. The topological polar surface area (TPSA) is 86.1 Å². The summed E-state index contributed by atoms with van der Waals surface area (Å²) in [6.07, 6.45) is 3.47. The molecule has 1 saturated carbocycles. The minimum atomic E-state index is -0.789. The van der Waals surface area contributed by atoms with E-state index in [1.807, 2.05) is 38.1 Å². The van der Waals surface area contributed by atoms with E-state index in [-0.39, 0.29) is 24.4 Å².